The number of aryl methyl sites for hydroxylation is 1. The molecule has 9 heteroatoms. The van der Waals surface area contributed by atoms with Crippen LogP contribution in [0.1, 0.15) is 43.9 Å². The van der Waals surface area contributed by atoms with Crippen molar-refractivity contribution in [2.75, 3.05) is 44.2 Å². The Kier molecular flexibility index (Phi) is 6.81. The molecule has 2 fully saturated rings. The van der Waals surface area contributed by atoms with Crippen molar-refractivity contribution in [1.29, 1.82) is 0 Å². The molecule has 1 amide bonds. The van der Waals surface area contributed by atoms with Crippen molar-refractivity contribution < 1.29 is 13.2 Å². The Morgan fingerprint density at radius 3 is 2.30 bits per heavy atom. The second kappa shape index (κ2) is 9.46. The van der Waals surface area contributed by atoms with Gasteiger partial charge < -0.3 is 14.4 Å². The van der Waals surface area contributed by atoms with Gasteiger partial charge in [-0.2, -0.15) is 4.31 Å². The SMILES string of the molecule is Cc1cccc(N2CCN(C(=O)C3CCN(S(=O)(=O)c4cn(C(C)C)cn4)CC3)CC2)c1C. The van der Waals surface area contributed by atoms with Crippen LogP contribution in [0, 0.1) is 19.8 Å². The molecule has 0 aliphatic carbocycles. The first-order valence-corrected chi connectivity index (χ1v) is 13.3. The van der Waals surface area contributed by atoms with Crippen molar-refractivity contribution in [3.63, 3.8) is 0 Å². The van der Waals surface area contributed by atoms with Crippen LogP contribution in [0.5, 0.6) is 0 Å². The number of hydrogen-bond acceptors (Lipinski definition) is 5. The first kappa shape index (κ1) is 23.8. The first-order valence-electron chi connectivity index (χ1n) is 11.8. The number of aromatic nitrogens is 2. The summed E-state index contributed by atoms with van der Waals surface area (Å²) in [6.07, 6.45) is 4.26. The summed E-state index contributed by atoms with van der Waals surface area (Å²) in [7, 11) is -3.62. The number of nitrogens with zero attached hydrogens (tertiary/aromatic N) is 5. The van der Waals surface area contributed by atoms with Crippen molar-refractivity contribution in [2.24, 2.45) is 5.92 Å². The monoisotopic (exact) mass is 473 g/mol. The van der Waals surface area contributed by atoms with E-state index in [1.165, 1.54) is 21.1 Å². The molecule has 33 heavy (non-hydrogen) atoms. The molecule has 0 radical (unpaired) electrons. The largest absolute Gasteiger partial charge is 0.368 e. The van der Waals surface area contributed by atoms with E-state index in [1.807, 2.05) is 18.7 Å². The Morgan fingerprint density at radius 1 is 1.03 bits per heavy atom. The van der Waals surface area contributed by atoms with Crippen molar-refractivity contribution >= 4 is 21.6 Å². The van der Waals surface area contributed by atoms with Crippen LogP contribution in [0.4, 0.5) is 5.69 Å². The molecule has 0 saturated carbocycles. The Bertz CT molecular complexity index is 1100. The molecule has 2 aliphatic rings. The summed E-state index contributed by atoms with van der Waals surface area (Å²) in [5, 5.41) is 0.0866. The fraction of sp³-hybridized carbons (Fsp3) is 0.583. The van der Waals surface area contributed by atoms with Gasteiger partial charge in [-0.3, -0.25) is 4.79 Å². The Hall–Kier alpha value is -2.39. The van der Waals surface area contributed by atoms with Crippen molar-refractivity contribution in [3.8, 4) is 0 Å². The van der Waals surface area contributed by atoms with Gasteiger partial charge in [0.1, 0.15) is 0 Å². The normalized spacial score (nSPS) is 18.8. The minimum Gasteiger partial charge on any atom is -0.368 e. The lowest BCUT2D eigenvalue weighted by Gasteiger charge is -2.39. The molecular formula is C24H35N5O3S. The van der Waals surface area contributed by atoms with Gasteiger partial charge in [0.15, 0.2) is 5.03 Å². The van der Waals surface area contributed by atoms with E-state index in [-0.39, 0.29) is 22.9 Å². The Balaban J connectivity index is 1.32. The van der Waals surface area contributed by atoms with E-state index in [9.17, 15) is 13.2 Å². The number of sulfonamides is 1. The number of amides is 1. The third-order valence-corrected chi connectivity index (χ3v) is 8.87. The summed E-state index contributed by atoms with van der Waals surface area (Å²) in [6, 6.07) is 6.52. The Labute approximate surface area is 197 Å². The molecule has 0 atom stereocenters. The second-order valence-electron chi connectivity index (χ2n) is 9.46. The maximum atomic E-state index is 13.1. The third-order valence-electron chi connectivity index (χ3n) is 7.09. The van der Waals surface area contributed by atoms with E-state index in [0.29, 0.717) is 39.0 Å². The number of piperazine rings is 1. The highest BCUT2D eigenvalue weighted by molar-refractivity contribution is 7.89. The molecule has 0 bridgehead atoms. The highest BCUT2D eigenvalue weighted by Crippen LogP contribution is 2.27. The molecule has 3 heterocycles. The van der Waals surface area contributed by atoms with Gasteiger partial charge >= 0.3 is 0 Å². The van der Waals surface area contributed by atoms with E-state index < -0.39 is 10.0 Å². The average molecular weight is 474 g/mol. The van der Waals surface area contributed by atoms with E-state index in [0.717, 1.165) is 13.1 Å². The van der Waals surface area contributed by atoms with Gasteiger partial charge in [0, 0.05) is 63.1 Å². The van der Waals surface area contributed by atoms with Gasteiger partial charge in [-0.25, -0.2) is 13.4 Å². The average Bonchev–Trinajstić information content (AvgIpc) is 3.32. The van der Waals surface area contributed by atoms with Crippen LogP contribution in [0.3, 0.4) is 0 Å². The molecule has 4 rings (SSSR count). The molecule has 8 nitrogen and oxygen atoms in total. The van der Waals surface area contributed by atoms with Crippen molar-refractivity contribution in [2.45, 2.75) is 51.6 Å². The fourth-order valence-electron chi connectivity index (χ4n) is 4.71. The van der Waals surface area contributed by atoms with Crippen molar-refractivity contribution in [1.82, 2.24) is 18.8 Å². The number of anilines is 1. The molecular weight excluding hydrogens is 438 g/mol. The van der Waals surface area contributed by atoms with Gasteiger partial charge in [-0.1, -0.05) is 12.1 Å². The molecule has 0 N–H and O–H groups in total. The zero-order chi connectivity index (χ0) is 23.8. The van der Waals surface area contributed by atoms with Crippen LogP contribution < -0.4 is 4.90 Å². The number of rotatable bonds is 5. The van der Waals surface area contributed by atoms with Gasteiger partial charge in [0.05, 0.1) is 6.33 Å². The highest BCUT2D eigenvalue weighted by atomic mass is 32.2. The Morgan fingerprint density at radius 2 is 1.70 bits per heavy atom. The molecule has 180 valence electrons. The van der Waals surface area contributed by atoms with Crippen LogP contribution in [-0.2, 0) is 14.8 Å². The predicted molar refractivity (Wildman–Crippen MR) is 129 cm³/mol. The molecule has 2 aliphatic heterocycles. The molecule has 2 saturated heterocycles. The summed E-state index contributed by atoms with van der Waals surface area (Å²) in [4.78, 5) is 21.6. The lowest BCUT2D eigenvalue weighted by molar-refractivity contribution is -0.137. The summed E-state index contributed by atoms with van der Waals surface area (Å²) >= 11 is 0. The zero-order valence-electron chi connectivity index (χ0n) is 20.1. The standard InChI is InChI=1S/C24H35N5O3S/c1-18(2)28-16-23(25-17-28)33(31,32)29-10-8-21(9-11-29)24(30)27-14-12-26(13-15-27)22-7-5-6-19(3)20(22)4/h5-7,16-18,21H,8-15H2,1-4H3. The number of piperidine rings is 1. The third kappa shape index (κ3) is 4.80. The van der Waals surface area contributed by atoms with Gasteiger partial charge in [0.2, 0.25) is 5.91 Å². The molecule has 0 spiro atoms. The number of hydrogen-bond donors (Lipinski definition) is 0. The van der Waals surface area contributed by atoms with Crippen LogP contribution in [0.15, 0.2) is 35.7 Å². The topological polar surface area (TPSA) is 78.8 Å². The second-order valence-corrected chi connectivity index (χ2v) is 11.3. The maximum Gasteiger partial charge on any atom is 0.262 e. The smallest absolute Gasteiger partial charge is 0.262 e. The minimum atomic E-state index is -3.62. The summed E-state index contributed by atoms with van der Waals surface area (Å²) in [5.41, 5.74) is 3.83. The lowest BCUT2D eigenvalue weighted by atomic mass is 9.96. The number of carbonyl (C=O) groups excluding carboxylic acids is 1. The predicted octanol–water partition coefficient (Wildman–Crippen LogP) is 2.83. The van der Waals surface area contributed by atoms with Crippen molar-refractivity contribution in [3.05, 3.63) is 41.9 Å². The van der Waals surface area contributed by atoms with E-state index >= 15 is 0 Å². The van der Waals surface area contributed by atoms with Crippen LogP contribution in [-0.4, -0.2) is 72.3 Å². The molecule has 2 aromatic rings. The zero-order valence-corrected chi connectivity index (χ0v) is 20.9. The number of carbonyl (C=O) groups is 1. The fourth-order valence-corrected chi connectivity index (χ4v) is 6.10. The number of imidazole rings is 1. The lowest BCUT2D eigenvalue weighted by Crippen LogP contribution is -2.52. The van der Waals surface area contributed by atoms with E-state index in [4.69, 9.17) is 0 Å². The van der Waals surface area contributed by atoms with Gasteiger partial charge in [-0.05, 0) is 57.7 Å². The maximum absolute atomic E-state index is 13.1. The number of benzene rings is 1. The van der Waals surface area contributed by atoms with Crippen LogP contribution >= 0.6 is 0 Å². The van der Waals surface area contributed by atoms with E-state index in [1.54, 1.807) is 17.1 Å². The van der Waals surface area contributed by atoms with Gasteiger partial charge in [-0.15, -0.1) is 0 Å². The van der Waals surface area contributed by atoms with Crippen LogP contribution in [0.25, 0.3) is 0 Å². The minimum absolute atomic E-state index is 0.0866. The molecule has 1 aromatic carbocycles. The molecule has 1 aromatic heterocycles. The van der Waals surface area contributed by atoms with E-state index in [2.05, 4.69) is 41.9 Å². The summed E-state index contributed by atoms with van der Waals surface area (Å²) < 4.78 is 29.2. The first-order chi connectivity index (χ1) is 15.7. The summed E-state index contributed by atoms with van der Waals surface area (Å²) in [5.74, 6) is 0.0497. The quantitative estimate of drug-likeness (QED) is 0.667. The van der Waals surface area contributed by atoms with Gasteiger partial charge in [0.25, 0.3) is 10.0 Å². The summed E-state index contributed by atoms with van der Waals surface area (Å²) in [6.45, 7) is 12.0. The molecule has 0 unspecified atom stereocenters. The highest BCUT2D eigenvalue weighted by Gasteiger charge is 2.35. The van der Waals surface area contributed by atoms with Crippen LogP contribution in [0.2, 0.25) is 0 Å².